The van der Waals surface area contributed by atoms with E-state index in [1.165, 1.54) is 6.33 Å². The van der Waals surface area contributed by atoms with E-state index < -0.39 is 0 Å². The van der Waals surface area contributed by atoms with Gasteiger partial charge in [0.2, 0.25) is 0 Å². The molecule has 5 nitrogen and oxygen atoms in total. The fourth-order valence-electron chi connectivity index (χ4n) is 1.44. The maximum Gasteiger partial charge on any atom is 0.141 e. The first-order chi connectivity index (χ1) is 7.00. The second-order valence-electron chi connectivity index (χ2n) is 4.11. The Balaban J connectivity index is 2.64. The Morgan fingerprint density at radius 3 is 2.73 bits per heavy atom. The molecule has 0 aromatic carbocycles. The molecule has 84 valence electrons. The van der Waals surface area contributed by atoms with Gasteiger partial charge in [-0.05, 0) is 20.8 Å². The van der Waals surface area contributed by atoms with Crippen molar-refractivity contribution in [3.8, 4) is 0 Å². The van der Waals surface area contributed by atoms with Gasteiger partial charge in [0.05, 0.1) is 6.42 Å². The summed E-state index contributed by atoms with van der Waals surface area (Å²) in [6, 6.07) is 0.138. The number of hydrogen-bond donors (Lipinski definition) is 1. The second-order valence-corrected chi connectivity index (χ2v) is 4.11. The molecule has 15 heavy (non-hydrogen) atoms. The smallest absolute Gasteiger partial charge is 0.141 e. The summed E-state index contributed by atoms with van der Waals surface area (Å²) < 4.78 is 1.76. The summed E-state index contributed by atoms with van der Waals surface area (Å²) in [4.78, 5) is 15.6. The zero-order chi connectivity index (χ0) is 11.4. The highest BCUT2D eigenvalue weighted by Crippen LogP contribution is 2.07. The fraction of sp³-hybridized carbons (Fsp3) is 0.700. The summed E-state index contributed by atoms with van der Waals surface area (Å²) in [5.41, 5.74) is 5.56. The first-order valence-electron chi connectivity index (χ1n) is 5.16. The number of Topliss-reactive ketones (excluding diaryl/α,β-unsaturated/α-hetero) is 1. The zero-order valence-corrected chi connectivity index (χ0v) is 9.47. The van der Waals surface area contributed by atoms with Crippen molar-refractivity contribution in [2.75, 3.05) is 0 Å². The third-order valence-electron chi connectivity index (χ3n) is 2.04. The Morgan fingerprint density at radius 2 is 2.20 bits per heavy atom. The van der Waals surface area contributed by atoms with Gasteiger partial charge >= 0.3 is 0 Å². The molecule has 0 amide bonds. The number of carbonyl (C=O) groups is 1. The van der Waals surface area contributed by atoms with Crippen LogP contribution >= 0.6 is 0 Å². The summed E-state index contributed by atoms with van der Waals surface area (Å²) in [7, 11) is 0. The topological polar surface area (TPSA) is 73.8 Å². The molecule has 0 saturated carbocycles. The van der Waals surface area contributed by atoms with E-state index >= 15 is 0 Å². The van der Waals surface area contributed by atoms with E-state index in [4.69, 9.17) is 5.73 Å². The molecule has 0 saturated heterocycles. The monoisotopic (exact) mass is 210 g/mol. The molecule has 1 unspecified atom stereocenters. The van der Waals surface area contributed by atoms with Gasteiger partial charge < -0.3 is 5.73 Å². The molecular formula is C10H18N4O. The van der Waals surface area contributed by atoms with Crippen molar-refractivity contribution >= 4 is 5.78 Å². The lowest BCUT2D eigenvalue weighted by molar-refractivity contribution is -0.118. The Hall–Kier alpha value is -1.23. The Morgan fingerprint density at radius 1 is 1.53 bits per heavy atom. The van der Waals surface area contributed by atoms with Gasteiger partial charge in [-0.25, -0.2) is 9.67 Å². The average Bonchev–Trinajstić information content (AvgIpc) is 2.50. The van der Waals surface area contributed by atoms with Gasteiger partial charge in [0, 0.05) is 18.5 Å². The Bertz CT molecular complexity index is 330. The van der Waals surface area contributed by atoms with E-state index in [0.29, 0.717) is 12.8 Å². The lowest BCUT2D eigenvalue weighted by atomic mass is 10.1. The molecule has 2 N–H and O–H groups in total. The van der Waals surface area contributed by atoms with Crippen LogP contribution in [0, 0.1) is 0 Å². The molecule has 5 heteroatoms. The highest BCUT2D eigenvalue weighted by Gasteiger charge is 2.13. The first-order valence-corrected chi connectivity index (χ1v) is 5.16. The highest BCUT2D eigenvalue weighted by atomic mass is 16.1. The van der Waals surface area contributed by atoms with Gasteiger partial charge in [-0.2, -0.15) is 5.10 Å². The normalized spacial score (nSPS) is 13.1. The molecule has 0 spiro atoms. The largest absolute Gasteiger partial charge is 0.328 e. The number of carbonyl (C=O) groups excluding carboxylic acids is 1. The second kappa shape index (κ2) is 5.02. The van der Waals surface area contributed by atoms with Crippen molar-refractivity contribution in [1.29, 1.82) is 0 Å². The van der Waals surface area contributed by atoms with Crippen LogP contribution in [0.15, 0.2) is 6.33 Å². The van der Waals surface area contributed by atoms with Crippen molar-refractivity contribution in [1.82, 2.24) is 14.8 Å². The van der Waals surface area contributed by atoms with E-state index in [1.807, 2.05) is 20.8 Å². The summed E-state index contributed by atoms with van der Waals surface area (Å²) in [5, 5.41) is 4.07. The lowest BCUT2D eigenvalue weighted by Gasteiger charge is -2.09. The molecule has 1 aromatic heterocycles. The van der Waals surface area contributed by atoms with Crippen molar-refractivity contribution < 1.29 is 4.79 Å². The molecule has 1 atom stereocenters. The molecule has 0 bridgehead atoms. The van der Waals surface area contributed by atoms with Crippen LogP contribution in [0.4, 0.5) is 0 Å². The van der Waals surface area contributed by atoms with Crippen molar-refractivity contribution in [3.63, 3.8) is 0 Å². The van der Waals surface area contributed by atoms with Gasteiger partial charge in [0.15, 0.2) is 0 Å². The molecule has 0 radical (unpaired) electrons. The SMILES string of the molecule is CC(N)CC(=O)Cc1ncnn1C(C)C. The number of hydrogen-bond acceptors (Lipinski definition) is 4. The number of nitrogens with zero attached hydrogens (tertiary/aromatic N) is 3. The van der Waals surface area contributed by atoms with Gasteiger partial charge in [-0.1, -0.05) is 0 Å². The fourth-order valence-corrected chi connectivity index (χ4v) is 1.44. The Kier molecular flexibility index (Phi) is 3.96. The number of aromatic nitrogens is 3. The van der Waals surface area contributed by atoms with Gasteiger partial charge in [-0.3, -0.25) is 4.79 Å². The molecule has 1 aromatic rings. The van der Waals surface area contributed by atoms with Gasteiger partial charge in [0.1, 0.15) is 17.9 Å². The van der Waals surface area contributed by atoms with E-state index in [-0.39, 0.29) is 17.9 Å². The quantitative estimate of drug-likeness (QED) is 0.776. The van der Waals surface area contributed by atoms with Crippen molar-refractivity contribution in [2.24, 2.45) is 5.73 Å². The molecule has 0 aliphatic rings. The van der Waals surface area contributed by atoms with E-state index in [0.717, 1.165) is 5.82 Å². The molecule has 1 heterocycles. The summed E-state index contributed by atoms with van der Waals surface area (Å²) in [5.74, 6) is 0.829. The third-order valence-corrected chi connectivity index (χ3v) is 2.04. The standard InChI is InChI=1S/C10H18N4O/c1-7(2)14-10(12-6-13-14)5-9(15)4-8(3)11/h6-8H,4-5,11H2,1-3H3. The van der Waals surface area contributed by atoms with E-state index in [1.54, 1.807) is 4.68 Å². The molecule has 1 rings (SSSR count). The van der Waals surface area contributed by atoms with Crippen LogP contribution < -0.4 is 5.73 Å². The summed E-state index contributed by atoms with van der Waals surface area (Å²) >= 11 is 0. The first kappa shape index (κ1) is 11.8. The maximum atomic E-state index is 11.5. The van der Waals surface area contributed by atoms with Crippen molar-refractivity contribution in [2.45, 2.75) is 45.7 Å². The number of rotatable bonds is 5. The van der Waals surface area contributed by atoms with E-state index in [2.05, 4.69) is 10.1 Å². The van der Waals surface area contributed by atoms with Crippen LogP contribution in [0.25, 0.3) is 0 Å². The lowest BCUT2D eigenvalue weighted by Crippen LogP contribution is -2.22. The Labute approximate surface area is 89.7 Å². The van der Waals surface area contributed by atoms with Crippen LogP contribution in [0.2, 0.25) is 0 Å². The van der Waals surface area contributed by atoms with Gasteiger partial charge in [-0.15, -0.1) is 0 Å². The zero-order valence-electron chi connectivity index (χ0n) is 9.47. The van der Waals surface area contributed by atoms with Gasteiger partial charge in [0.25, 0.3) is 0 Å². The molecular weight excluding hydrogens is 192 g/mol. The minimum Gasteiger partial charge on any atom is -0.328 e. The summed E-state index contributed by atoms with van der Waals surface area (Å²) in [6.45, 7) is 5.84. The maximum absolute atomic E-state index is 11.5. The third kappa shape index (κ3) is 3.43. The van der Waals surface area contributed by atoms with Crippen LogP contribution in [0.3, 0.4) is 0 Å². The number of ketones is 1. The molecule has 0 aliphatic carbocycles. The van der Waals surface area contributed by atoms with Crippen molar-refractivity contribution in [3.05, 3.63) is 12.2 Å². The van der Waals surface area contributed by atoms with Crippen LogP contribution in [-0.4, -0.2) is 26.6 Å². The van der Waals surface area contributed by atoms with Crippen LogP contribution in [-0.2, 0) is 11.2 Å². The average molecular weight is 210 g/mol. The highest BCUT2D eigenvalue weighted by molar-refractivity contribution is 5.80. The van der Waals surface area contributed by atoms with Crippen LogP contribution in [0.5, 0.6) is 0 Å². The summed E-state index contributed by atoms with van der Waals surface area (Å²) in [6.07, 6.45) is 2.19. The van der Waals surface area contributed by atoms with Crippen LogP contribution in [0.1, 0.15) is 39.1 Å². The number of nitrogens with two attached hydrogens (primary N) is 1. The van der Waals surface area contributed by atoms with E-state index in [9.17, 15) is 4.79 Å². The predicted octanol–water partition coefficient (Wildman–Crippen LogP) is 0.708. The minimum absolute atomic E-state index is 0.0899. The predicted molar refractivity (Wildman–Crippen MR) is 57.4 cm³/mol. The minimum atomic E-state index is -0.0899. The molecule has 0 fully saturated rings. The molecule has 0 aliphatic heterocycles.